The summed E-state index contributed by atoms with van der Waals surface area (Å²) in [7, 11) is 0. The Labute approximate surface area is 126 Å². The van der Waals surface area contributed by atoms with Crippen LogP contribution in [0.5, 0.6) is 0 Å². The Kier molecular flexibility index (Phi) is 8.47. The molecule has 0 heterocycles. The topological polar surface area (TPSA) is 21.3 Å². The van der Waals surface area contributed by atoms with Crippen molar-refractivity contribution in [2.45, 2.75) is 39.2 Å². The van der Waals surface area contributed by atoms with Gasteiger partial charge in [0.25, 0.3) is 0 Å². The molecule has 0 fully saturated rings. The Morgan fingerprint density at radius 3 is 2.63 bits per heavy atom. The van der Waals surface area contributed by atoms with E-state index in [1.165, 1.54) is 0 Å². The van der Waals surface area contributed by atoms with E-state index in [1.54, 1.807) is 0 Å². The van der Waals surface area contributed by atoms with E-state index in [0.717, 1.165) is 54.6 Å². The molecule has 0 aliphatic carbocycles. The van der Waals surface area contributed by atoms with Crippen LogP contribution in [-0.4, -0.2) is 19.8 Å². The second kappa shape index (κ2) is 9.60. The molecule has 19 heavy (non-hydrogen) atoms. The third-order valence-electron chi connectivity index (χ3n) is 2.87. The predicted octanol–water partition coefficient (Wildman–Crippen LogP) is 4.85. The van der Waals surface area contributed by atoms with Crippen molar-refractivity contribution >= 4 is 23.2 Å². The summed E-state index contributed by atoms with van der Waals surface area (Å²) in [6.45, 7) is 6.76. The van der Waals surface area contributed by atoms with Crippen LogP contribution in [0.2, 0.25) is 10.0 Å². The summed E-state index contributed by atoms with van der Waals surface area (Å²) in [5.74, 6) is 0. The van der Waals surface area contributed by atoms with E-state index in [-0.39, 0.29) is 6.04 Å². The van der Waals surface area contributed by atoms with E-state index < -0.39 is 0 Å². The van der Waals surface area contributed by atoms with Gasteiger partial charge in [-0.05, 0) is 49.6 Å². The number of benzene rings is 1. The maximum Gasteiger partial charge on any atom is 0.0484 e. The first-order valence-electron chi connectivity index (χ1n) is 6.95. The van der Waals surface area contributed by atoms with Crippen molar-refractivity contribution in [2.75, 3.05) is 19.8 Å². The van der Waals surface area contributed by atoms with Gasteiger partial charge in [-0.2, -0.15) is 0 Å². The first kappa shape index (κ1) is 16.8. The Morgan fingerprint density at radius 2 is 1.95 bits per heavy atom. The van der Waals surface area contributed by atoms with Gasteiger partial charge in [-0.1, -0.05) is 37.0 Å². The van der Waals surface area contributed by atoms with E-state index in [9.17, 15) is 0 Å². The molecule has 0 radical (unpaired) electrons. The van der Waals surface area contributed by atoms with Crippen LogP contribution in [-0.2, 0) is 4.74 Å². The van der Waals surface area contributed by atoms with Crippen molar-refractivity contribution in [1.82, 2.24) is 5.32 Å². The molecule has 0 amide bonds. The lowest BCUT2D eigenvalue weighted by atomic mass is 10.0. The lowest BCUT2D eigenvalue weighted by molar-refractivity contribution is 0.124. The molecule has 0 aliphatic heterocycles. The average molecular weight is 304 g/mol. The Bertz CT molecular complexity index is 371. The van der Waals surface area contributed by atoms with Crippen molar-refractivity contribution in [3.8, 4) is 0 Å². The maximum atomic E-state index is 6.27. The van der Waals surface area contributed by atoms with Crippen LogP contribution in [0.1, 0.15) is 44.7 Å². The first-order chi connectivity index (χ1) is 9.19. The molecular weight excluding hydrogens is 281 g/mol. The molecule has 2 nitrogen and oxygen atoms in total. The van der Waals surface area contributed by atoms with Crippen molar-refractivity contribution in [2.24, 2.45) is 0 Å². The number of nitrogens with one attached hydrogen (secondary N) is 1. The second-order valence-electron chi connectivity index (χ2n) is 4.57. The van der Waals surface area contributed by atoms with Gasteiger partial charge in [0.05, 0.1) is 0 Å². The van der Waals surface area contributed by atoms with Crippen molar-refractivity contribution in [3.05, 3.63) is 33.8 Å². The van der Waals surface area contributed by atoms with Gasteiger partial charge in [0.2, 0.25) is 0 Å². The van der Waals surface area contributed by atoms with Gasteiger partial charge in [0.15, 0.2) is 0 Å². The van der Waals surface area contributed by atoms with Gasteiger partial charge >= 0.3 is 0 Å². The molecule has 0 aromatic heterocycles. The predicted molar refractivity (Wildman–Crippen MR) is 83.2 cm³/mol. The highest BCUT2D eigenvalue weighted by atomic mass is 35.5. The fourth-order valence-electron chi connectivity index (χ4n) is 1.92. The summed E-state index contributed by atoms with van der Waals surface area (Å²) >= 11 is 12.3. The fraction of sp³-hybridized carbons (Fsp3) is 0.600. The van der Waals surface area contributed by atoms with Crippen molar-refractivity contribution < 1.29 is 4.74 Å². The summed E-state index contributed by atoms with van der Waals surface area (Å²) in [5.41, 5.74) is 1.06. The lowest BCUT2D eigenvalue weighted by Gasteiger charge is -2.20. The van der Waals surface area contributed by atoms with Crippen LogP contribution in [0.3, 0.4) is 0 Å². The monoisotopic (exact) mass is 303 g/mol. The van der Waals surface area contributed by atoms with Crippen LogP contribution in [0.15, 0.2) is 18.2 Å². The summed E-state index contributed by atoms with van der Waals surface area (Å²) < 4.78 is 5.57. The highest BCUT2D eigenvalue weighted by Crippen LogP contribution is 2.28. The number of halogens is 2. The van der Waals surface area contributed by atoms with Crippen LogP contribution in [0.25, 0.3) is 0 Å². The molecule has 1 aromatic rings. The Morgan fingerprint density at radius 1 is 1.16 bits per heavy atom. The van der Waals surface area contributed by atoms with Crippen molar-refractivity contribution in [3.63, 3.8) is 0 Å². The van der Waals surface area contributed by atoms with E-state index in [4.69, 9.17) is 27.9 Å². The quantitative estimate of drug-likeness (QED) is 0.658. The zero-order valence-electron chi connectivity index (χ0n) is 11.7. The third-order valence-corrected chi connectivity index (χ3v) is 3.45. The molecule has 0 spiro atoms. The van der Waals surface area contributed by atoms with Crippen molar-refractivity contribution in [1.29, 1.82) is 0 Å². The van der Waals surface area contributed by atoms with E-state index in [1.807, 2.05) is 18.2 Å². The van der Waals surface area contributed by atoms with Gasteiger partial charge in [-0.3, -0.25) is 0 Å². The number of ether oxygens (including phenoxy) is 1. The highest BCUT2D eigenvalue weighted by molar-refractivity contribution is 6.33. The summed E-state index contributed by atoms with van der Waals surface area (Å²) in [4.78, 5) is 0. The molecule has 4 heteroatoms. The van der Waals surface area contributed by atoms with E-state index in [2.05, 4.69) is 19.2 Å². The molecule has 1 rings (SSSR count). The molecule has 1 atom stereocenters. The van der Waals surface area contributed by atoms with Crippen LogP contribution >= 0.6 is 23.2 Å². The molecule has 108 valence electrons. The van der Waals surface area contributed by atoms with Crippen LogP contribution in [0.4, 0.5) is 0 Å². The molecular formula is C15H23Cl2NO. The zero-order chi connectivity index (χ0) is 14.1. The Hall–Kier alpha value is -0.280. The summed E-state index contributed by atoms with van der Waals surface area (Å²) in [5, 5.41) is 4.99. The van der Waals surface area contributed by atoms with Crippen LogP contribution < -0.4 is 5.32 Å². The normalized spacial score (nSPS) is 12.6. The first-order valence-corrected chi connectivity index (χ1v) is 7.70. The van der Waals surface area contributed by atoms with E-state index >= 15 is 0 Å². The minimum atomic E-state index is 0.197. The lowest BCUT2D eigenvalue weighted by Crippen LogP contribution is -2.24. The van der Waals surface area contributed by atoms with Gasteiger partial charge < -0.3 is 10.1 Å². The minimum Gasteiger partial charge on any atom is -0.381 e. The number of hydrogen-bond donors (Lipinski definition) is 1. The molecule has 1 aromatic carbocycles. The highest BCUT2D eigenvalue weighted by Gasteiger charge is 2.14. The molecule has 0 saturated heterocycles. The molecule has 1 N–H and O–H groups in total. The molecule has 0 saturated carbocycles. The summed E-state index contributed by atoms with van der Waals surface area (Å²) in [6, 6.07) is 5.81. The average Bonchev–Trinajstić information content (AvgIpc) is 2.41. The SMILES string of the molecule is CCCNC(CCOCCC)c1cc(Cl)ccc1Cl. The zero-order valence-corrected chi connectivity index (χ0v) is 13.2. The maximum absolute atomic E-state index is 6.27. The van der Waals surface area contributed by atoms with Gasteiger partial charge in [0, 0.05) is 29.3 Å². The van der Waals surface area contributed by atoms with Crippen LogP contribution in [0, 0.1) is 0 Å². The standard InChI is InChI=1S/C15H23Cl2NO/c1-3-8-18-15(7-10-19-9-4-2)13-11-12(16)5-6-14(13)17/h5-6,11,15,18H,3-4,7-10H2,1-2H3. The minimum absolute atomic E-state index is 0.197. The largest absolute Gasteiger partial charge is 0.381 e. The smallest absolute Gasteiger partial charge is 0.0484 e. The molecule has 0 aliphatic rings. The van der Waals surface area contributed by atoms with Gasteiger partial charge in [-0.15, -0.1) is 0 Å². The van der Waals surface area contributed by atoms with Gasteiger partial charge in [0.1, 0.15) is 0 Å². The fourth-order valence-corrected chi connectivity index (χ4v) is 2.35. The summed E-state index contributed by atoms with van der Waals surface area (Å²) in [6.07, 6.45) is 3.04. The Balaban J connectivity index is 2.68. The van der Waals surface area contributed by atoms with E-state index in [0.29, 0.717) is 0 Å². The van der Waals surface area contributed by atoms with Gasteiger partial charge in [-0.25, -0.2) is 0 Å². The molecule has 0 bridgehead atoms. The number of rotatable bonds is 9. The second-order valence-corrected chi connectivity index (χ2v) is 5.42. The third kappa shape index (κ3) is 6.13. The number of hydrogen-bond acceptors (Lipinski definition) is 2. The molecule has 1 unspecified atom stereocenters.